The van der Waals surface area contributed by atoms with E-state index >= 15 is 0 Å². The maximum atomic E-state index is 13.0. The van der Waals surface area contributed by atoms with Gasteiger partial charge in [0.2, 0.25) is 10.0 Å². The van der Waals surface area contributed by atoms with Crippen LogP contribution in [0.2, 0.25) is 0 Å². The Bertz CT molecular complexity index is 1390. The fourth-order valence-electron chi connectivity index (χ4n) is 4.56. The number of hydrogen-bond acceptors (Lipinski definition) is 8. The van der Waals surface area contributed by atoms with Crippen LogP contribution in [0.3, 0.4) is 0 Å². The lowest BCUT2D eigenvalue weighted by molar-refractivity contribution is 0.0730. The first kappa shape index (κ1) is 25.9. The van der Waals surface area contributed by atoms with Crippen LogP contribution in [0.15, 0.2) is 57.7 Å². The number of methoxy groups -OCH3 is 2. The molecule has 5 rings (SSSR count). The number of nitrogens with zero attached hydrogens (tertiary/aromatic N) is 3. The number of sulfonamides is 1. The van der Waals surface area contributed by atoms with Gasteiger partial charge >= 0.3 is 0 Å². The number of thiazole rings is 1. The predicted molar refractivity (Wildman–Crippen MR) is 141 cm³/mol. The molecule has 0 bridgehead atoms. The lowest BCUT2D eigenvalue weighted by Crippen LogP contribution is -2.40. The molecule has 11 heteroatoms. The van der Waals surface area contributed by atoms with Crippen molar-refractivity contribution in [1.29, 1.82) is 0 Å². The third-order valence-electron chi connectivity index (χ3n) is 6.56. The topological polar surface area (TPSA) is 91.6 Å². The molecular formula is C26H31N3O6S2. The Hall–Kier alpha value is -2.70. The van der Waals surface area contributed by atoms with Crippen molar-refractivity contribution in [2.75, 3.05) is 47.1 Å². The van der Waals surface area contributed by atoms with E-state index in [0.717, 1.165) is 47.0 Å². The second kappa shape index (κ2) is 11.4. The van der Waals surface area contributed by atoms with Crippen molar-refractivity contribution in [3.63, 3.8) is 0 Å². The lowest BCUT2D eigenvalue weighted by atomic mass is 10.1. The van der Waals surface area contributed by atoms with Gasteiger partial charge in [0.05, 0.1) is 56.4 Å². The molecule has 198 valence electrons. The molecule has 1 aromatic heterocycles. The van der Waals surface area contributed by atoms with Gasteiger partial charge in [0, 0.05) is 30.6 Å². The van der Waals surface area contributed by atoms with E-state index in [2.05, 4.69) is 9.95 Å². The Kier molecular flexibility index (Phi) is 7.96. The lowest BCUT2D eigenvalue weighted by Gasteiger charge is -2.26. The molecular weight excluding hydrogens is 514 g/mol. The van der Waals surface area contributed by atoms with E-state index < -0.39 is 10.0 Å². The second-order valence-corrected chi connectivity index (χ2v) is 11.6. The van der Waals surface area contributed by atoms with Gasteiger partial charge in [-0.1, -0.05) is 0 Å². The molecule has 9 nitrogen and oxygen atoms in total. The Morgan fingerprint density at radius 3 is 2.51 bits per heavy atom. The maximum Gasteiger partial charge on any atom is 0.243 e. The molecule has 0 saturated carbocycles. The predicted octanol–water partition coefficient (Wildman–Crippen LogP) is 3.67. The quantitative estimate of drug-likeness (QED) is 0.429. The number of hydrogen-bond donors (Lipinski definition) is 0. The van der Waals surface area contributed by atoms with Gasteiger partial charge in [-0.3, -0.25) is 0 Å². The molecule has 3 aromatic rings. The number of morpholine rings is 1. The fourth-order valence-corrected chi connectivity index (χ4v) is 6.89. The molecule has 0 spiro atoms. The molecule has 2 aliphatic heterocycles. The highest BCUT2D eigenvalue weighted by atomic mass is 32.2. The standard InChI is InChI=1S/C26H31N3O6S2/c1-32-20-7-10-25(33-2)23(16-20)24-18-36-26(29(24)17-21-4-3-13-35-21)27-19-5-8-22(9-6-19)37(30,31)28-11-14-34-15-12-28/h5-10,16,18,21H,3-4,11-15,17H2,1-2H3. The zero-order valence-corrected chi connectivity index (χ0v) is 22.6. The monoisotopic (exact) mass is 545 g/mol. The molecule has 2 saturated heterocycles. The van der Waals surface area contributed by atoms with Crippen LogP contribution in [-0.4, -0.2) is 70.5 Å². The molecule has 2 aliphatic rings. The number of benzene rings is 2. The molecule has 2 fully saturated rings. The molecule has 1 unspecified atom stereocenters. The van der Waals surface area contributed by atoms with E-state index in [4.69, 9.17) is 23.9 Å². The molecule has 0 radical (unpaired) electrons. The van der Waals surface area contributed by atoms with E-state index in [1.165, 1.54) is 15.6 Å². The van der Waals surface area contributed by atoms with Crippen LogP contribution in [-0.2, 0) is 26.0 Å². The average molecular weight is 546 g/mol. The van der Waals surface area contributed by atoms with Crippen molar-refractivity contribution in [2.45, 2.75) is 30.4 Å². The molecule has 37 heavy (non-hydrogen) atoms. The van der Waals surface area contributed by atoms with E-state index in [9.17, 15) is 8.42 Å². The zero-order chi connectivity index (χ0) is 25.8. The normalized spacial score (nSPS) is 19.3. The number of aromatic nitrogens is 1. The first-order valence-electron chi connectivity index (χ1n) is 12.2. The summed E-state index contributed by atoms with van der Waals surface area (Å²) in [5.74, 6) is 1.48. The Labute approximate surface area is 220 Å². The van der Waals surface area contributed by atoms with Crippen LogP contribution in [0.1, 0.15) is 12.8 Å². The summed E-state index contributed by atoms with van der Waals surface area (Å²) in [6.07, 6.45) is 2.13. The van der Waals surface area contributed by atoms with Crippen molar-refractivity contribution < 1.29 is 27.4 Å². The Morgan fingerprint density at radius 1 is 1.05 bits per heavy atom. The average Bonchev–Trinajstić information content (AvgIpc) is 3.59. The third kappa shape index (κ3) is 5.60. The summed E-state index contributed by atoms with van der Waals surface area (Å²) in [7, 11) is -0.260. The minimum absolute atomic E-state index is 0.102. The molecule has 0 N–H and O–H groups in total. The van der Waals surface area contributed by atoms with Gasteiger partial charge in [0.1, 0.15) is 11.5 Å². The van der Waals surface area contributed by atoms with Crippen molar-refractivity contribution in [2.24, 2.45) is 4.99 Å². The van der Waals surface area contributed by atoms with Crippen LogP contribution in [0.25, 0.3) is 11.3 Å². The van der Waals surface area contributed by atoms with Gasteiger partial charge < -0.3 is 23.5 Å². The zero-order valence-electron chi connectivity index (χ0n) is 21.0. The number of ether oxygens (including phenoxy) is 4. The first-order chi connectivity index (χ1) is 18.0. The van der Waals surface area contributed by atoms with E-state index in [0.29, 0.717) is 38.5 Å². The third-order valence-corrected chi connectivity index (χ3v) is 9.34. The van der Waals surface area contributed by atoms with Gasteiger partial charge in [-0.15, -0.1) is 11.3 Å². The van der Waals surface area contributed by atoms with Crippen LogP contribution in [0.4, 0.5) is 5.69 Å². The van der Waals surface area contributed by atoms with Crippen molar-refractivity contribution in [3.05, 3.63) is 52.6 Å². The van der Waals surface area contributed by atoms with Gasteiger partial charge in [0.15, 0.2) is 4.80 Å². The molecule has 2 aromatic carbocycles. The van der Waals surface area contributed by atoms with Crippen LogP contribution >= 0.6 is 11.3 Å². The summed E-state index contributed by atoms with van der Waals surface area (Å²) in [4.78, 5) is 5.94. The summed E-state index contributed by atoms with van der Waals surface area (Å²) in [6.45, 7) is 2.97. The van der Waals surface area contributed by atoms with Crippen molar-refractivity contribution in [1.82, 2.24) is 8.87 Å². The van der Waals surface area contributed by atoms with Gasteiger partial charge in [-0.05, 0) is 55.3 Å². The SMILES string of the molecule is COc1ccc(OC)c(-c2csc(=Nc3ccc(S(=O)(=O)N4CCOCC4)cc3)n2CC2CCCO2)c1. The second-order valence-electron chi connectivity index (χ2n) is 8.84. The molecule has 0 amide bonds. The van der Waals surface area contributed by atoms with Crippen LogP contribution in [0.5, 0.6) is 11.5 Å². The molecule has 1 atom stereocenters. The highest BCUT2D eigenvalue weighted by molar-refractivity contribution is 7.89. The molecule has 3 heterocycles. The van der Waals surface area contributed by atoms with Crippen molar-refractivity contribution in [3.8, 4) is 22.8 Å². The smallest absolute Gasteiger partial charge is 0.243 e. The van der Waals surface area contributed by atoms with E-state index in [1.807, 2.05) is 18.2 Å². The van der Waals surface area contributed by atoms with Gasteiger partial charge in [-0.2, -0.15) is 4.31 Å². The summed E-state index contributed by atoms with van der Waals surface area (Å²) in [5.41, 5.74) is 2.54. The fraction of sp³-hybridized carbons (Fsp3) is 0.423. The van der Waals surface area contributed by atoms with Crippen molar-refractivity contribution >= 4 is 27.0 Å². The molecule has 0 aliphatic carbocycles. The van der Waals surface area contributed by atoms with Crippen LogP contribution < -0.4 is 14.3 Å². The van der Waals surface area contributed by atoms with Gasteiger partial charge in [0.25, 0.3) is 0 Å². The number of rotatable bonds is 8. The maximum absolute atomic E-state index is 13.0. The summed E-state index contributed by atoms with van der Waals surface area (Å²) in [5, 5.41) is 2.06. The first-order valence-corrected chi connectivity index (χ1v) is 14.6. The Morgan fingerprint density at radius 2 is 1.84 bits per heavy atom. The largest absolute Gasteiger partial charge is 0.497 e. The summed E-state index contributed by atoms with van der Waals surface area (Å²) in [6, 6.07) is 12.5. The van der Waals surface area contributed by atoms with E-state index in [1.54, 1.807) is 38.5 Å². The summed E-state index contributed by atoms with van der Waals surface area (Å²) < 4.78 is 51.9. The highest BCUT2D eigenvalue weighted by Gasteiger charge is 2.26. The highest BCUT2D eigenvalue weighted by Crippen LogP contribution is 2.34. The van der Waals surface area contributed by atoms with Crippen LogP contribution in [0, 0.1) is 0 Å². The summed E-state index contributed by atoms with van der Waals surface area (Å²) >= 11 is 1.52. The Balaban J connectivity index is 1.52. The minimum Gasteiger partial charge on any atom is -0.497 e. The minimum atomic E-state index is -3.56. The van der Waals surface area contributed by atoms with E-state index in [-0.39, 0.29) is 11.0 Å². The van der Waals surface area contributed by atoms with Gasteiger partial charge in [-0.25, -0.2) is 13.4 Å².